The molecule has 2 aromatic carbocycles. The molecular formula is C26H25F3N2O4. The number of benzene rings is 2. The van der Waals surface area contributed by atoms with Gasteiger partial charge < -0.3 is 20.1 Å². The molecule has 0 saturated carbocycles. The number of nitrogens with one attached hydrogen (secondary N) is 2. The van der Waals surface area contributed by atoms with Crippen molar-refractivity contribution in [2.45, 2.75) is 38.3 Å². The van der Waals surface area contributed by atoms with Crippen LogP contribution in [0.15, 0.2) is 65.0 Å². The second kappa shape index (κ2) is 9.48. The van der Waals surface area contributed by atoms with E-state index >= 15 is 0 Å². The van der Waals surface area contributed by atoms with Crippen LogP contribution >= 0.6 is 0 Å². The molecule has 0 radical (unpaired) electrons. The third kappa shape index (κ3) is 4.76. The van der Waals surface area contributed by atoms with E-state index in [2.05, 4.69) is 10.6 Å². The zero-order valence-electron chi connectivity index (χ0n) is 19.5. The van der Waals surface area contributed by atoms with Crippen LogP contribution in [0.25, 0.3) is 0 Å². The Morgan fingerprint density at radius 3 is 2.54 bits per heavy atom. The van der Waals surface area contributed by atoms with Gasteiger partial charge in [0.15, 0.2) is 5.78 Å². The molecule has 6 nitrogen and oxygen atoms in total. The number of alkyl halides is 3. The molecule has 0 aromatic heterocycles. The lowest BCUT2D eigenvalue weighted by molar-refractivity contribution is -0.137. The summed E-state index contributed by atoms with van der Waals surface area (Å²) < 4.78 is 50.5. The minimum atomic E-state index is -4.55. The van der Waals surface area contributed by atoms with E-state index in [0.717, 1.165) is 17.8 Å². The summed E-state index contributed by atoms with van der Waals surface area (Å²) in [5.74, 6) is -0.519. The lowest BCUT2D eigenvalue weighted by Gasteiger charge is -2.35. The molecule has 2 aromatic rings. The van der Waals surface area contributed by atoms with Crippen molar-refractivity contribution in [2.75, 3.05) is 19.5 Å². The number of allylic oxidation sites excluding steroid dienone is 3. The standard InChI is InChI=1S/C26H25F3N2O4/c1-14-22(25(33)31-16-7-4-6-15(12-16)26(27,28)29)23(24-19(30-14)8-5-9-20(24)32)18-13-17(34-2)10-11-21(18)35-3/h4,6-7,10-13,23,30H,5,8-9H2,1-3H3,(H,31,33)/t23-/m1/s1. The Kier molecular flexibility index (Phi) is 6.60. The number of anilines is 1. The van der Waals surface area contributed by atoms with Gasteiger partial charge >= 0.3 is 6.18 Å². The number of carbonyl (C=O) groups excluding carboxylic acids is 2. The zero-order valence-corrected chi connectivity index (χ0v) is 19.5. The summed E-state index contributed by atoms with van der Waals surface area (Å²) in [4.78, 5) is 26.7. The molecule has 1 amide bonds. The summed E-state index contributed by atoms with van der Waals surface area (Å²) in [7, 11) is 3.00. The number of methoxy groups -OCH3 is 2. The number of rotatable bonds is 5. The third-order valence-electron chi connectivity index (χ3n) is 6.22. The summed E-state index contributed by atoms with van der Waals surface area (Å²) >= 11 is 0. The number of amides is 1. The number of Topliss-reactive ketones (excluding diaryl/α,β-unsaturated/α-hetero) is 1. The number of ketones is 1. The fourth-order valence-corrected chi connectivity index (χ4v) is 4.63. The van der Waals surface area contributed by atoms with E-state index in [1.54, 1.807) is 25.1 Å². The fourth-order valence-electron chi connectivity index (χ4n) is 4.63. The minimum absolute atomic E-state index is 0.00349. The first-order valence-electron chi connectivity index (χ1n) is 11.1. The van der Waals surface area contributed by atoms with Crippen molar-refractivity contribution in [3.8, 4) is 11.5 Å². The Labute approximate surface area is 200 Å². The van der Waals surface area contributed by atoms with E-state index in [1.807, 2.05) is 0 Å². The van der Waals surface area contributed by atoms with Crippen molar-refractivity contribution in [1.29, 1.82) is 0 Å². The number of ether oxygens (including phenoxy) is 2. The van der Waals surface area contributed by atoms with Gasteiger partial charge in [0, 0.05) is 40.2 Å². The maximum absolute atomic E-state index is 13.6. The van der Waals surface area contributed by atoms with E-state index in [1.165, 1.54) is 26.4 Å². The molecule has 2 N–H and O–H groups in total. The molecule has 9 heteroatoms. The van der Waals surface area contributed by atoms with E-state index in [-0.39, 0.29) is 17.0 Å². The van der Waals surface area contributed by atoms with E-state index in [9.17, 15) is 22.8 Å². The molecule has 35 heavy (non-hydrogen) atoms. The summed E-state index contributed by atoms with van der Waals surface area (Å²) in [6, 6.07) is 9.54. The summed E-state index contributed by atoms with van der Waals surface area (Å²) in [5.41, 5.74) is 1.62. The Morgan fingerprint density at radius 2 is 1.86 bits per heavy atom. The van der Waals surface area contributed by atoms with Gasteiger partial charge in [-0.2, -0.15) is 13.2 Å². The molecule has 1 heterocycles. The summed E-state index contributed by atoms with van der Waals surface area (Å²) in [6.45, 7) is 1.71. The Hall–Kier alpha value is -3.75. The van der Waals surface area contributed by atoms with Crippen LogP contribution in [0.2, 0.25) is 0 Å². The molecule has 2 aliphatic rings. The normalized spacial score (nSPS) is 18.1. The van der Waals surface area contributed by atoms with Crippen LogP contribution in [0, 0.1) is 0 Å². The number of halogens is 3. The molecule has 1 aliphatic carbocycles. The van der Waals surface area contributed by atoms with Crippen molar-refractivity contribution in [3.63, 3.8) is 0 Å². The molecule has 0 fully saturated rings. The lowest BCUT2D eigenvalue weighted by Crippen LogP contribution is -2.35. The third-order valence-corrected chi connectivity index (χ3v) is 6.22. The zero-order chi connectivity index (χ0) is 25.3. The largest absolute Gasteiger partial charge is 0.497 e. The Bertz CT molecular complexity index is 1250. The van der Waals surface area contributed by atoms with E-state index in [0.29, 0.717) is 47.6 Å². The molecule has 0 spiro atoms. The minimum Gasteiger partial charge on any atom is -0.497 e. The van der Waals surface area contributed by atoms with E-state index < -0.39 is 23.6 Å². The van der Waals surface area contributed by atoms with Crippen LogP contribution < -0.4 is 20.1 Å². The van der Waals surface area contributed by atoms with Gasteiger partial charge in [-0.1, -0.05) is 6.07 Å². The van der Waals surface area contributed by atoms with Crippen molar-refractivity contribution >= 4 is 17.4 Å². The fraction of sp³-hybridized carbons (Fsp3) is 0.308. The first-order chi connectivity index (χ1) is 16.6. The van der Waals surface area contributed by atoms with Gasteiger partial charge in [-0.3, -0.25) is 9.59 Å². The number of carbonyl (C=O) groups is 2. The van der Waals surface area contributed by atoms with Crippen LogP contribution in [0.1, 0.15) is 43.2 Å². The average molecular weight is 486 g/mol. The second-order valence-corrected chi connectivity index (χ2v) is 8.41. The maximum Gasteiger partial charge on any atom is 0.416 e. The first-order valence-corrected chi connectivity index (χ1v) is 11.1. The second-order valence-electron chi connectivity index (χ2n) is 8.41. The van der Waals surface area contributed by atoms with Crippen molar-refractivity contribution < 1.29 is 32.2 Å². The maximum atomic E-state index is 13.6. The predicted octanol–water partition coefficient (Wildman–Crippen LogP) is 5.33. The lowest BCUT2D eigenvalue weighted by atomic mass is 9.74. The highest BCUT2D eigenvalue weighted by Crippen LogP contribution is 2.46. The number of dihydropyridines is 1. The number of hydrogen-bond acceptors (Lipinski definition) is 5. The molecule has 1 atom stereocenters. The Morgan fingerprint density at radius 1 is 1.09 bits per heavy atom. The van der Waals surface area contributed by atoms with Gasteiger partial charge in [0.2, 0.25) is 0 Å². The molecule has 0 bridgehead atoms. The summed E-state index contributed by atoms with van der Waals surface area (Å²) in [5, 5.41) is 5.78. The van der Waals surface area contributed by atoms with E-state index in [4.69, 9.17) is 9.47 Å². The van der Waals surface area contributed by atoms with Gasteiger partial charge in [0.25, 0.3) is 5.91 Å². The predicted molar refractivity (Wildman–Crippen MR) is 124 cm³/mol. The average Bonchev–Trinajstić information content (AvgIpc) is 2.82. The highest BCUT2D eigenvalue weighted by atomic mass is 19.4. The molecular weight excluding hydrogens is 461 g/mol. The van der Waals surface area contributed by atoms with Crippen LogP contribution in [0.4, 0.5) is 18.9 Å². The molecule has 4 rings (SSSR count). The highest BCUT2D eigenvalue weighted by molar-refractivity contribution is 6.10. The van der Waals surface area contributed by atoms with Gasteiger partial charge in [-0.15, -0.1) is 0 Å². The monoisotopic (exact) mass is 486 g/mol. The van der Waals surface area contributed by atoms with Gasteiger partial charge in [0.1, 0.15) is 11.5 Å². The van der Waals surface area contributed by atoms with Crippen LogP contribution in [0.5, 0.6) is 11.5 Å². The molecule has 184 valence electrons. The van der Waals surface area contributed by atoms with Crippen LogP contribution in [-0.4, -0.2) is 25.9 Å². The SMILES string of the molecule is COc1ccc(OC)c([C@@H]2C(C(=O)Nc3cccc(C(F)(F)F)c3)=C(C)NC3=C2C(=O)CCC3)c1. The van der Waals surface area contributed by atoms with Crippen molar-refractivity contribution in [3.05, 3.63) is 76.1 Å². The van der Waals surface area contributed by atoms with Gasteiger partial charge in [-0.05, 0) is 56.2 Å². The molecule has 0 unspecified atom stereocenters. The van der Waals surface area contributed by atoms with Crippen molar-refractivity contribution in [2.24, 2.45) is 0 Å². The molecule has 0 saturated heterocycles. The van der Waals surface area contributed by atoms with Crippen molar-refractivity contribution in [1.82, 2.24) is 5.32 Å². The first kappa shape index (κ1) is 24.4. The highest BCUT2D eigenvalue weighted by Gasteiger charge is 2.40. The smallest absolute Gasteiger partial charge is 0.416 e. The topological polar surface area (TPSA) is 76.7 Å². The van der Waals surface area contributed by atoms with Gasteiger partial charge in [0.05, 0.1) is 25.7 Å². The molecule has 1 aliphatic heterocycles. The quantitative estimate of drug-likeness (QED) is 0.598. The van der Waals surface area contributed by atoms with Crippen LogP contribution in [0.3, 0.4) is 0 Å². The van der Waals surface area contributed by atoms with Gasteiger partial charge in [-0.25, -0.2) is 0 Å². The summed E-state index contributed by atoms with van der Waals surface area (Å²) in [6.07, 6.45) is -2.88. The van der Waals surface area contributed by atoms with Crippen LogP contribution in [-0.2, 0) is 15.8 Å². The number of hydrogen-bond donors (Lipinski definition) is 2. The Balaban J connectivity index is 1.82.